The van der Waals surface area contributed by atoms with E-state index in [-0.39, 0.29) is 6.61 Å². The number of hydrogen-bond donors (Lipinski definition) is 1. The molecule has 1 N–H and O–H groups in total. The van der Waals surface area contributed by atoms with Gasteiger partial charge in [0.15, 0.2) is 0 Å². The van der Waals surface area contributed by atoms with Gasteiger partial charge in [0.1, 0.15) is 24.0 Å². The summed E-state index contributed by atoms with van der Waals surface area (Å²) in [5.41, 5.74) is 2.15. The number of aliphatic hydroxyl groups excluding tert-OH is 1. The van der Waals surface area contributed by atoms with Gasteiger partial charge in [-0.15, -0.1) is 0 Å². The molecule has 0 spiro atoms. The molecule has 2 aromatic rings. The normalized spacial score (nSPS) is 9.95. The van der Waals surface area contributed by atoms with Crippen molar-refractivity contribution >= 4 is 11.6 Å². The van der Waals surface area contributed by atoms with Crippen molar-refractivity contribution in [1.29, 1.82) is 5.26 Å². The maximum Gasteiger partial charge on any atom is 0.139 e. The number of ether oxygens (including phenoxy) is 1. The minimum atomic E-state index is 0.0218. The van der Waals surface area contributed by atoms with Gasteiger partial charge < -0.3 is 9.84 Å². The van der Waals surface area contributed by atoms with E-state index in [1.165, 1.54) is 0 Å². The second-order valence-electron chi connectivity index (χ2n) is 3.99. The second-order valence-corrected chi connectivity index (χ2v) is 4.40. The lowest BCUT2D eigenvalue weighted by molar-refractivity contribution is 0.281. The van der Waals surface area contributed by atoms with E-state index < -0.39 is 0 Å². The highest BCUT2D eigenvalue weighted by Gasteiger charge is 2.07. The van der Waals surface area contributed by atoms with Crippen molar-refractivity contribution in [2.24, 2.45) is 0 Å². The molecule has 0 heterocycles. The lowest BCUT2D eigenvalue weighted by Crippen LogP contribution is -1.98. The van der Waals surface area contributed by atoms with Crippen molar-refractivity contribution in [2.45, 2.75) is 13.2 Å². The molecule has 0 bridgehead atoms. The SMILES string of the molecule is N#Cc1c(Cl)cccc1OCc1ccc(CO)cc1. The largest absolute Gasteiger partial charge is 0.487 e. The highest BCUT2D eigenvalue weighted by molar-refractivity contribution is 6.31. The minimum Gasteiger partial charge on any atom is -0.487 e. The van der Waals surface area contributed by atoms with Crippen LogP contribution in [0.25, 0.3) is 0 Å². The first-order chi connectivity index (χ1) is 9.24. The van der Waals surface area contributed by atoms with Gasteiger partial charge in [-0.25, -0.2) is 0 Å². The van der Waals surface area contributed by atoms with Crippen LogP contribution in [-0.4, -0.2) is 5.11 Å². The van der Waals surface area contributed by atoms with Crippen LogP contribution in [-0.2, 0) is 13.2 Å². The molecule has 0 aliphatic carbocycles. The van der Waals surface area contributed by atoms with E-state index in [0.717, 1.165) is 11.1 Å². The summed E-state index contributed by atoms with van der Waals surface area (Å²) >= 11 is 5.92. The third-order valence-electron chi connectivity index (χ3n) is 2.69. The Bertz CT molecular complexity index is 603. The predicted molar refractivity (Wildman–Crippen MR) is 72.9 cm³/mol. The number of nitrogens with zero attached hydrogens (tertiary/aromatic N) is 1. The van der Waals surface area contributed by atoms with E-state index >= 15 is 0 Å². The molecule has 0 aromatic heterocycles. The molecule has 3 nitrogen and oxygen atoms in total. The van der Waals surface area contributed by atoms with E-state index in [9.17, 15) is 0 Å². The summed E-state index contributed by atoms with van der Waals surface area (Å²) < 4.78 is 5.60. The fourth-order valence-electron chi connectivity index (χ4n) is 1.64. The van der Waals surface area contributed by atoms with Crippen molar-refractivity contribution in [3.05, 3.63) is 64.2 Å². The molecule has 96 valence electrons. The number of hydrogen-bond acceptors (Lipinski definition) is 3. The molecular weight excluding hydrogens is 262 g/mol. The summed E-state index contributed by atoms with van der Waals surface area (Å²) in [6.45, 7) is 0.370. The first-order valence-corrected chi connectivity index (χ1v) is 6.12. The van der Waals surface area contributed by atoms with Crippen LogP contribution in [0.4, 0.5) is 0 Å². The Morgan fingerprint density at radius 2 is 1.79 bits per heavy atom. The topological polar surface area (TPSA) is 53.2 Å². The number of aliphatic hydroxyl groups is 1. The monoisotopic (exact) mass is 273 g/mol. The molecular formula is C15H12ClNO2. The van der Waals surface area contributed by atoms with E-state index in [0.29, 0.717) is 22.9 Å². The molecule has 0 amide bonds. The first kappa shape index (κ1) is 13.4. The van der Waals surface area contributed by atoms with Crippen LogP contribution in [0.2, 0.25) is 5.02 Å². The Kier molecular flexibility index (Phi) is 4.40. The second kappa shape index (κ2) is 6.24. The van der Waals surface area contributed by atoms with E-state index in [1.54, 1.807) is 18.2 Å². The zero-order valence-electron chi connectivity index (χ0n) is 10.1. The van der Waals surface area contributed by atoms with Gasteiger partial charge in [-0.3, -0.25) is 0 Å². The van der Waals surface area contributed by atoms with Crippen molar-refractivity contribution in [3.8, 4) is 11.8 Å². The average Bonchev–Trinajstić information content (AvgIpc) is 2.45. The average molecular weight is 274 g/mol. The molecule has 0 atom stereocenters. The standard InChI is InChI=1S/C15H12ClNO2/c16-14-2-1-3-15(13(14)8-17)19-10-12-6-4-11(9-18)5-7-12/h1-7,18H,9-10H2. The quantitative estimate of drug-likeness (QED) is 0.930. The minimum absolute atomic E-state index is 0.0218. The number of rotatable bonds is 4. The molecule has 0 unspecified atom stereocenters. The predicted octanol–water partition coefficient (Wildman–Crippen LogP) is 3.28. The number of halogens is 1. The highest BCUT2D eigenvalue weighted by Crippen LogP contribution is 2.26. The zero-order valence-corrected chi connectivity index (χ0v) is 10.9. The van der Waals surface area contributed by atoms with Crippen LogP contribution in [0.5, 0.6) is 5.75 Å². The molecule has 2 rings (SSSR count). The van der Waals surface area contributed by atoms with Crippen LogP contribution >= 0.6 is 11.6 Å². The lowest BCUT2D eigenvalue weighted by atomic mass is 10.1. The van der Waals surface area contributed by atoms with Crippen molar-refractivity contribution in [2.75, 3.05) is 0 Å². The molecule has 0 fully saturated rings. The molecule has 0 aliphatic rings. The molecule has 2 aromatic carbocycles. The smallest absolute Gasteiger partial charge is 0.139 e. The van der Waals surface area contributed by atoms with Crippen LogP contribution in [0.1, 0.15) is 16.7 Å². The maximum absolute atomic E-state index is 9.02. The molecule has 0 aliphatic heterocycles. The molecule has 4 heteroatoms. The van der Waals surface area contributed by atoms with Crippen molar-refractivity contribution < 1.29 is 9.84 Å². The van der Waals surface area contributed by atoms with E-state index in [2.05, 4.69) is 0 Å². The maximum atomic E-state index is 9.02. The summed E-state index contributed by atoms with van der Waals surface area (Å²) in [5.74, 6) is 0.473. The Labute approximate surface area is 116 Å². The van der Waals surface area contributed by atoms with Gasteiger partial charge in [0.25, 0.3) is 0 Å². The molecule has 0 saturated heterocycles. The number of benzene rings is 2. The Hall–Kier alpha value is -2.02. The fourth-order valence-corrected chi connectivity index (χ4v) is 1.84. The van der Waals surface area contributed by atoms with Gasteiger partial charge in [0, 0.05) is 0 Å². The molecule has 0 radical (unpaired) electrons. The van der Waals surface area contributed by atoms with Crippen molar-refractivity contribution in [1.82, 2.24) is 0 Å². The Morgan fingerprint density at radius 3 is 2.42 bits per heavy atom. The Morgan fingerprint density at radius 1 is 1.11 bits per heavy atom. The Balaban J connectivity index is 2.10. The highest BCUT2D eigenvalue weighted by atomic mass is 35.5. The third-order valence-corrected chi connectivity index (χ3v) is 3.00. The van der Waals surface area contributed by atoms with Crippen LogP contribution in [0, 0.1) is 11.3 Å². The summed E-state index contributed by atoms with van der Waals surface area (Å²) in [5, 5.41) is 18.4. The van der Waals surface area contributed by atoms with Crippen LogP contribution < -0.4 is 4.74 Å². The van der Waals surface area contributed by atoms with Gasteiger partial charge in [-0.1, -0.05) is 41.9 Å². The van der Waals surface area contributed by atoms with Crippen molar-refractivity contribution in [3.63, 3.8) is 0 Å². The lowest BCUT2D eigenvalue weighted by Gasteiger charge is -2.09. The van der Waals surface area contributed by atoms with Crippen LogP contribution in [0.3, 0.4) is 0 Å². The fraction of sp³-hybridized carbons (Fsp3) is 0.133. The van der Waals surface area contributed by atoms with Crippen LogP contribution in [0.15, 0.2) is 42.5 Å². The summed E-state index contributed by atoms with van der Waals surface area (Å²) in [7, 11) is 0. The van der Waals surface area contributed by atoms with E-state index in [4.69, 9.17) is 26.7 Å². The van der Waals surface area contributed by atoms with Gasteiger partial charge in [0.2, 0.25) is 0 Å². The summed E-state index contributed by atoms with van der Waals surface area (Å²) in [6, 6.07) is 14.6. The summed E-state index contributed by atoms with van der Waals surface area (Å²) in [6.07, 6.45) is 0. The first-order valence-electron chi connectivity index (χ1n) is 5.74. The third kappa shape index (κ3) is 3.25. The van der Waals surface area contributed by atoms with E-state index in [1.807, 2.05) is 30.3 Å². The zero-order chi connectivity index (χ0) is 13.7. The van der Waals surface area contributed by atoms with Gasteiger partial charge in [0.05, 0.1) is 11.6 Å². The van der Waals surface area contributed by atoms with Gasteiger partial charge in [-0.2, -0.15) is 5.26 Å². The molecule has 19 heavy (non-hydrogen) atoms. The number of nitriles is 1. The summed E-state index contributed by atoms with van der Waals surface area (Å²) in [4.78, 5) is 0. The molecule has 0 saturated carbocycles. The van der Waals surface area contributed by atoms with Gasteiger partial charge >= 0.3 is 0 Å². The van der Waals surface area contributed by atoms with Gasteiger partial charge in [-0.05, 0) is 23.3 Å².